The number of aromatic nitrogens is 2. The van der Waals surface area contributed by atoms with Gasteiger partial charge in [-0.1, -0.05) is 12.2 Å². The second-order valence-electron chi connectivity index (χ2n) is 5.61. The van der Waals surface area contributed by atoms with E-state index in [2.05, 4.69) is 59.3 Å². The van der Waals surface area contributed by atoms with Crippen molar-refractivity contribution in [3.05, 3.63) is 28.0 Å². The molecule has 0 radical (unpaired) electrons. The van der Waals surface area contributed by atoms with Gasteiger partial charge in [0, 0.05) is 19.0 Å². The molecule has 0 bridgehead atoms. The molecular formula is C14H24BrN3. The molecule has 0 atom stereocenters. The Hall–Kier alpha value is -0.610. The third-order valence-electron chi connectivity index (χ3n) is 2.71. The van der Waals surface area contributed by atoms with E-state index in [1.54, 1.807) is 0 Å². The maximum atomic E-state index is 4.38. The number of hydrogen-bond acceptors (Lipinski definition) is 2. The Morgan fingerprint density at radius 1 is 1.33 bits per heavy atom. The molecule has 0 fully saturated rings. The highest BCUT2D eigenvalue weighted by Gasteiger charge is 2.08. The summed E-state index contributed by atoms with van der Waals surface area (Å²) in [5, 5.41) is 7.85. The summed E-state index contributed by atoms with van der Waals surface area (Å²) in [5.41, 5.74) is 2.48. The van der Waals surface area contributed by atoms with Crippen molar-refractivity contribution in [3.8, 4) is 0 Å². The van der Waals surface area contributed by atoms with E-state index < -0.39 is 0 Å². The lowest BCUT2D eigenvalue weighted by Gasteiger charge is -2.19. The highest BCUT2D eigenvalue weighted by molar-refractivity contribution is 9.10. The first-order valence-corrected chi connectivity index (χ1v) is 7.18. The third-order valence-corrected chi connectivity index (χ3v) is 3.74. The summed E-state index contributed by atoms with van der Waals surface area (Å²) >= 11 is 3.58. The van der Waals surface area contributed by atoms with E-state index in [1.165, 1.54) is 5.69 Å². The van der Waals surface area contributed by atoms with Gasteiger partial charge in [-0.15, -0.1) is 0 Å². The molecule has 3 nitrogen and oxygen atoms in total. The molecular weight excluding hydrogens is 290 g/mol. The summed E-state index contributed by atoms with van der Waals surface area (Å²) in [5.74, 6) is 0. The predicted octanol–water partition coefficient (Wildman–Crippen LogP) is 3.37. The van der Waals surface area contributed by atoms with E-state index in [9.17, 15) is 0 Å². The second-order valence-corrected chi connectivity index (χ2v) is 6.40. The SMILES string of the molecule is Cc1nn(C)c(CC=CCCNC(C)(C)C)c1Br. The van der Waals surface area contributed by atoms with Crippen LogP contribution in [0.4, 0.5) is 0 Å². The molecule has 0 amide bonds. The van der Waals surface area contributed by atoms with E-state index in [4.69, 9.17) is 0 Å². The Balaban J connectivity index is 2.37. The number of aryl methyl sites for hydroxylation is 2. The van der Waals surface area contributed by atoms with Gasteiger partial charge in [0.15, 0.2) is 0 Å². The number of nitrogens with zero attached hydrogens (tertiary/aromatic N) is 2. The van der Waals surface area contributed by atoms with Crippen molar-refractivity contribution >= 4 is 15.9 Å². The Kier molecular flexibility index (Phi) is 5.60. The molecule has 0 aliphatic rings. The molecule has 1 aromatic heterocycles. The molecule has 1 N–H and O–H groups in total. The highest BCUT2D eigenvalue weighted by Crippen LogP contribution is 2.20. The Labute approximate surface area is 119 Å². The van der Waals surface area contributed by atoms with E-state index in [-0.39, 0.29) is 5.54 Å². The number of hydrogen-bond donors (Lipinski definition) is 1. The predicted molar refractivity (Wildman–Crippen MR) is 80.9 cm³/mol. The van der Waals surface area contributed by atoms with Crippen molar-refractivity contribution in [1.29, 1.82) is 0 Å². The minimum atomic E-state index is 0.204. The molecule has 1 aromatic rings. The number of rotatable bonds is 5. The minimum Gasteiger partial charge on any atom is -0.312 e. The first-order chi connectivity index (χ1) is 8.31. The van der Waals surface area contributed by atoms with Crippen LogP contribution in [0, 0.1) is 6.92 Å². The summed E-state index contributed by atoms with van der Waals surface area (Å²) in [6.45, 7) is 9.60. The van der Waals surface area contributed by atoms with Crippen molar-refractivity contribution in [3.63, 3.8) is 0 Å². The van der Waals surface area contributed by atoms with E-state index in [0.717, 1.165) is 29.6 Å². The summed E-state index contributed by atoms with van der Waals surface area (Å²) in [7, 11) is 1.99. The lowest BCUT2D eigenvalue weighted by molar-refractivity contribution is 0.431. The molecule has 0 saturated carbocycles. The average molecular weight is 314 g/mol. The van der Waals surface area contributed by atoms with E-state index in [1.807, 2.05) is 18.7 Å². The molecule has 0 aliphatic heterocycles. The topological polar surface area (TPSA) is 29.9 Å². The normalized spacial score (nSPS) is 12.6. The molecule has 18 heavy (non-hydrogen) atoms. The van der Waals surface area contributed by atoms with Crippen LogP contribution < -0.4 is 5.32 Å². The lowest BCUT2D eigenvalue weighted by atomic mass is 10.1. The molecule has 0 aliphatic carbocycles. The van der Waals surface area contributed by atoms with Crippen molar-refractivity contribution in [2.24, 2.45) is 7.05 Å². The van der Waals surface area contributed by atoms with Crippen LogP contribution in [0.1, 0.15) is 38.6 Å². The van der Waals surface area contributed by atoms with Gasteiger partial charge in [-0.2, -0.15) is 5.10 Å². The fraction of sp³-hybridized carbons (Fsp3) is 0.643. The fourth-order valence-corrected chi connectivity index (χ4v) is 2.24. The lowest BCUT2D eigenvalue weighted by Crippen LogP contribution is -2.36. The van der Waals surface area contributed by atoms with Crippen LogP contribution in [0.2, 0.25) is 0 Å². The van der Waals surface area contributed by atoms with Gasteiger partial charge in [0.25, 0.3) is 0 Å². The van der Waals surface area contributed by atoms with Crippen molar-refractivity contribution in [1.82, 2.24) is 15.1 Å². The number of halogens is 1. The van der Waals surface area contributed by atoms with Gasteiger partial charge >= 0.3 is 0 Å². The van der Waals surface area contributed by atoms with Gasteiger partial charge in [-0.3, -0.25) is 4.68 Å². The Bertz CT molecular complexity index is 413. The van der Waals surface area contributed by atoms with Gasteiger partial charge in [0.2, 0.25) is 0 Å². The molecule has 4 heteroatoms. The van der Waals surface area contributed by atoms with Crippen molar-refractivity contribution < 1.29 is 0 Å². The second kappa shape index (κ2) is 6.53. The quantitative estimate of drug-likeness (QED) is 0.667. The van der Waals surface area contributed by atoms with Crippen LogP contribution in [-0.2, 0) is 13.5 Å². The van der Waals surface area contributed by atoms with Crippen LogP contribution in [0.3, 0.4) is 0 Å². The maximum absolute atomic E-state index is 4.38. The summed E-state index contributed by atoms with van der Waals surface area (Å²) < 4.78 is 3.07. The van der Waals surface area contributed by atoms with Crippen LogP contribution in [-0.4, -0.2) is 21.9 Å². The largest absolute Gasteiger partial charge is 0.312 e. The highest BCUT2D eigenvalue weighted by atomic mass is 79.9. The zero-order valence-corrected chi connectivity index (χ0v) is 13.6. The molecule has 0 aromatic carbocycles. The summed E-state index contributed by atoms with van der Waals surface area (Å²) in [4.78, 5) is 0. The van der Waals surface area contributed by atoms with E-state index in [0.29, 0.717) is 0 Å². The van der Waals surface area contributed by atoms with Gasteiger partial charge in [-0.25, -0.2) is 0 Å². The molecule has 0 spiro atoms. The molecule has 1 heterocycles. The van der Waals surface area contributed by atoms with E-state index >= 15 is 0 Å². The van der Waals surface area contributed by atoms with Crippen molar-refractivity contribution in [2.75, 3.05) is 6.54 Å². The van der Waals surface area contributed by atoms with Gasteiger partial charge in [-0.05, 0) is 56.6 Å². The Morgan fingerprint density at radius 3 is 2.50 bits per heavy atom. The Morgan fingerprint density at radius 2 is 2.00 bits per heavy atom. The smallest absolute Gasteiger partial charge is 0.0738 e. The van der Waals surface area contributed by atoms with Crippen LogP contribution in [0.15, 0.2) is 16.6 Å². The molecule has 1 rings (SSSR count). The molecule has 0 unspecified atom stereocenters. The fourth-order valence-electron chi connectivity index (χ4n) is 1.75. The monoisotopic (exact) mass is 313 g/mol. The first kappa shape index (κ1) is 15.4. The van der Waals surface area contributed by atoms with Crippen LogP contribution in [0.25, 0.3) is 0 Å². The summed E-state index contributed by atoms with van der Waals surface area (Å²) in [6, 6.07) is 0. The number of allylic oxidation sites excluding steroid dienone is 1. The average Bonchev–Trinajstić information content (AvgIpc) is 2.47. The van der Waals surface area contributed by atoms with Crippen LogP contribution in [0.5, 0.6) is 0 Å². The maximum Gasteiger partial charge on any atom is 0.0738 e. The molecule has 102 valence electrons. The van der Waals surface area contributed by atoms with Gasteiger partial charge in [0.05, 0.1) is 15.9 Å². The van der Waals surface area contributed by atoms with Gasteiger partial charge in [0.1, 0.15) is 0 Å². The zero-order valence-electron chi connectivity index (χ0n) is 12.0. The number of nitrogens with one attached hydrogen (secondary N) is 1. The third kappa shape index (κ3) is 4.94. The van der Waals surface area contributed by atoms with Gasteiger partial charge < -0.3 is 5.32 Å². The van der Waals surface area contributed by atoms with Crippen molar-refractivity contribution in [2.45, 2.75) is 46.1 Å². The summed E-state index contributed by atoms with van der Waals surface area (Å²) in [6.07, 6.45) is 6.43. The zero-order chi connectivity index (χ0) is 13.8. The first-order valence-electron chi connectivity index (χ1n) is 6.39. The standard InChI is InChI=1S/C14H24BrN3/c1-11-13(15)12(18(5)17-11)9-7-6-8-10-16-14(2,3)4/h6-7,16H,8-10H2,1-5H3. The van der Waals surface area contributed by atoms with Crippen LogP contribution >= 0.6 is 15.9 Å². The molecule has 0 saturated heterocycles. The minimum absolute atomic E-state index is 0.204.